The van der Waals surface area contributed by atoms with Crippen LogP contribution < -0.4 is 14.8 Å². The number of anilines is 1. The summed E-state index contributed by atoms with van der Waals surface area (Å²) >= 11 is 18.1. The molecule has 3 rings (SSSR count). The molecule has 0 saturated heterocycles. The van der Waals surface area contributed by atoms with Gasteiger partial charge in [-0.05, 0) is 42.5 Å². The van der Waals surface area contributed by atoms with Gasteiger partial charge in [-0.2, -0.15) is 5.26 Å². The van der Waals surface area contributed by atoms with Crippen LogP contribution in [0.15, 0.2) is 53.4 Å². The fraction of sp³-hybridized carbons (Fsp3) is 0.120. The average Bonchev–Trinajstić information content (AvgIpc) is 2.87. The molecule has 15 heteroatoms. The molecule has 0 fully saturated rings. The van der Waals surface area contributed by atoms with Crippen LogP contribution in [0.2, 0.25) is 15.1 Å². The van der Waals surface area contributed by atoms with Gasteiger partial charge in [-0.3, -0.25) is 14.4 Å². The Morgan fingerprint density at radius 2 is 1.70 bits per heavy atom. The fourth-order valence-electron chi connectivity index (χ4n) is 3.22. The number of carboxylic acid groups (broad SMARTS) is 1. The van der Waals surface area contributed by atoms with Crippen molar-refractivity contribution in [3.63, 3.8) is 0 Å². The third kappa shape index (κ3) is 8.06. The molecule has 0 radical (unpaired) electrons. The van der Waals surface area contributed by atoms with E-state index in [-0.39, 0.29) is 37.6 Å². The molecule has 0 atom stereocenters. The first kappa shape index (κ1) is 30.6. The maximum atomic E-state index is 15.2. The third-order valence-corrected chi connectivity index (χ3v) is 7.24. The van der Waals surface area contributed by atoms with Crippen LogP contribution in [0.4, 0.5) is 10.1 Å². The van der Waals surface area contributed by atoms with Gasteiger partial charge in [-0.15, -0.1) is 0 Å². The molecule has 3 N–H and O–H groups in total. The predicted octanol–water partition coefficient (Wildman–Crippen LogP) is 5.30. The maximum absolute atomic E-state index is 15.2. The number of carbonyl (C=O) groups is 3. The van der Waals surface area contributed by atoms with Gasteiger partial charge in [-0.25, -0.2) is 17.5 Å². The van der Waals surface area contributed by atoms with Crippen molar-refractivity contribution < 1.29 is 37.0 Å². The molecule has 0 unspecified atom stereocenters. The Labute approximate surface area is 242 Å². The molecular weight excluding hydrogens is 612 g/mol. The molecule has 0 aromatic heterocycles. The number of nitrogens with zero attached hydrogens (tertiary/aromatic N) is 1. The van der Waals surface area contributed by atoms with Crippen molar-refractivity contribution in [1.82, 2.24) is 4.72 Å². The Hall–Kier alpha value is -3.89. The number of carboxylic acids is 1. The minimum atomic E-state index is -4.36. The highest BCUT2D eigenvalue weighted by atomic mass is 35.5. The van der Waals surface area contributed by atoms with E-state index in [9.17, 15) is 22.8 Å². The Bertz CT molecular complexity index is 1660. The van der Waals surface area contributed by atoms with E-state index in [1.54, 1.807) is 4.72 Å². The lowest BCUT2D eigenvalue weighted by Crippen LogP contribution is -2.30. The summed E-state index contributed by atoms with van der Waals surface area (Å²) in [6, 6.07) is 11.7. The van der Waals surface area contributed by atoms with Crippen LogP contribution in [0.25, 0.3) is 0 Å². The summed E-state index contributed by atoms with van der Waals surface area (Å²) in [4.78, 5) is 34.5. The van der Waals surface area contributed by atoms with E-state index in [0.29, 0.717) is 0 Å². The zero-order chi connectivity index (χ0) is 29.6. The Morgan fingerprint density at radius 3 is 2.35 bits per heavy atom. The van der Waals surface area contributed by atoms with Crippen molar-refractivity contribution in [2.45, 2.75) is 24.2 Å². The number of amides is 2. The number of sulfonamides is 1. The second-order valence-corrected chi connectivity index (χ2v) is 11.0. The molecule has 0 heterocycles. The molecular formula is C25H17Cl3FN3O7S. The number of benzene rings is 3. The average molecular weight is 629 g/mol. The van der Waals surface area contributed by atoms with Gasteiger partial charge in [0, 0.05) is 17.0 Å². The number of carbonyl (C=O) groups excluding carboxylic acids is 2. The van der Waals surface area contributed by atoms with Crippen molar-refractivity contribution in [1.29, 1.82) is 5.26 Å². The van der Waals surface area contributed by atoms with E-state index in [4.69, 9.17) is 49.9 Å². The Kier molecular flexibility index (Phi) is 9.94. The quantitative estimate of drug-likeness (QED) is 0.272. The number of nitriles is 1. The normalized spacial score (nSPS) is 10.9. The van der Waals surface area contributed by atoms with Crippen LogP contribution in [0.3, 0.4) is 0 Å². The van der Waals surface area contributed by atoms with Gasteiger partial charge in [-0.1, -0.05) is 40.9 Å². The van der Waals surface area contributed by atoms with Crippen molar-refractivity contribution in [2.24, 2.45) is 0 Å². The van der Waals surface area contributed by atoms with Gasteiger partial charge in [0.15, 0.2) is 11.6 Å². The summed E-state index contributed by atoms with van der Waals surface area (Å²) in [6.45, 7) is 0. The van der Waals surface area contributed by atoms with Crippen LogP contribution in [0, 0.1) is 17.1 Å². The largest absolute Gasteiger partial charge is 0.481 e. The van der Waals surface area contributed by atoms with Gasteiger partial charge in [0.1, 0.15) is 5.75 Å². The molecule has 0 aliphatic carbocycles. The molecule has 0 aliphatic heterocycles. The number of aliphatic carboxylic acids is 1. The highest BCUT2D eigenvalue weighted by Crippen LogP contribution is 2.35. The fourth-order valence-corrected chi connectivity index (χ4v) is 4.96. The summed E-state index contributed by atoms with van der Waals surface area (Å²) in [7, 11) is -4.36. The van der Waals surface area contributed by atoms with Crippen molar-refractivity contribution >= 4 is 68.3 Å². The Morgan fingerprint density at radius 1 is 0.975 bits per heavy atom. The first-order chi connectivity index (χ1) is 18.8. The molecule has 2 amide bonds. The lowest BCUT2D eigenvalue weighted by molar-refractivity contribution is -0.138. The maximum Gasteiger partial charge on any atom is 0.303 e. The number of halogens is 4. The monoisotopic (exact) mass is 627 g/mol. The Balaban J connectivity index is 1.73. The molecule has 0 aliphatic rings. The summed E-state index contributed by atoms with van der Waals surface area (Å²) < 4.78 is 47.2. The second kappa shape index (κ2) is 13.0. The minimum Gasteiger partial charge on any atom is -0.481 e. The zero-order valence-corrected chi connectivity index (χ0v) is 23.1. The minimum absolute atomic E-state index is 0.00312. The zero-order valence-electron chi connectivity index (χ0n) is 20.0. The van der Waals surface area contributed by atoms with E-state index in [1.165, 1.54) is 30.3 Å². The molecule has 0 saturated carbocycles. The number of rotatable bonds is 10. The van der Waals surface area contributed by atoms with Gasteiger partial charge in [0.05, 0.1) is 45.1 Å². The van der Waals surface area contributed by atoms with E-state index in [2.05, 4.69) is 5.32 Å². The summed E-state index contributed by atoms with van der Waals surface area (Å²) in [6.07, 6.45) is -1.60. The predicted molar refractivity (Wildman–Crippen MR) is 144 cm³/mol. The molecule has 10 nitrogen and oxygen atoms in total. The van der Waals surface area contributed by atoms with E-state index in [1.807, 2.05) is 6.07 Å². The highest BCUT2D eigenvalue weighted by Gasteiger charge is 2.21. The topological polar surface area (TPSA) is 163 Å². The van der Waals surface area contributed by atoms with Gasteiger partial charge < -0.3 is 15.2 Å². The van der Waals surface area contributed by atoms with Gasteiger partial charge >= 0.3 is 5.97 Å². The lowest BCUT2D eigenvalue weighted by atomic mass is 10.1. The SMILES string of the molecule is N#Cc1cc(Cl)cc(Oc2c(Cl)ccc(CC(=O)Nc3ccc(S(=O)(=O)NC(=O)CCC(=O)O)cc3Cl)c2F)c1. The molecule has 0 bridgehead atoms. The van der Waals surface area contributed by atoms with E-state index < -0.39 is 63.5 Å². The molecule has 3 aromatic carbocycles. The first-order valence-electron chi connectivity index (χ1n) is 11.0. The van der Waals surface area contributed by atoms with Crippen LogP contribution in [-0.4, -0.2) is 31.3 Å². The van der Waals surface area contributed by atoms with Crippen molar-refractivity contribution in [3.8, 4) is 17.6 Å². The molecule has 40 heavy (non-hydrogen) atoms. The van der Waals surface area contributed by atoms with Gasteiger partial charge in [0.2, 0.25) is 11.8 Å². The lowest BCUT2D eigenvalue weighted by Gasteiger charge is -2.13. The van der Waals surface area contributed by atoms with Crippen molar-refractivity contribution in [3.05, 3.63) is 80.5 Å². The first-order valence-corrected chi connectivity index (χ1v) is 13.6. The van der Waals surface area contributed by atoms with Crippen LogP contribution in [-0.2, 0) is 30.8 Å². The van der Waals surface area contributed by atoms with E-state index >= 15 is 4.39 Å². The number of hydrogen-bond acceptors (Lipinski definition) is 7. The summed E-state index contributed by atoms with van der Waals surface area (Å²) in [5, 5.41) is 20.0. The third-order valence-electron chi connectivity index (χ3n) is 5.04. The van der Waals surface area contributed by atoms with E-state index in [0.717, 1.165) is 18.2 Å². The standard InChI is InChI=1S/C25H17Cl3FN3O7S/c26-15-7-13(12-30)8-16(10-15)39-25-18(27)3-1-14(24(25)29)9-22(34)31-20-4-2-17(11-19(20)28)40(37,38)32-21(33)5-6-23(35)36/h1-4,7-8,10-11H,5-6,9H2,(H,31,34)(H,32,33)(H,35,36). The van der Waals surface area contributed by atoms with Crippen LogP contribution in [0.1, 0.15) is 24.0 Å². The number of ether oxygens (including phenoxy) is 1. The molecule has 0 spiro atoms. The summed E-state index contributed by atoms with van der Waals surface area (Å²) in [5.74, 6) is -4.30. The van der Waals surface area contributed by atoms with Gasteiger partial charge in [0.25, 0.3) is 10.0 Å². The van der Waals surface area contributed by atoms with Crippen LogP contribution in [0.5, 0.6) is 11.5 Å². The molecule has 208 valence electrons. The number of hydrogen-bond donors (Lipinski definition) is 3. The van der Waals surface area contributed by atoms with Crippen LogP contribution >= 0.6 is 34.8 Å². The highest BCUT2D eigenvalue weighted by molar-refractivity contribution is 7.90. The molecule has 3 aromatic rings. The van der Waals surface area contributed by atoms with Crippen molar-refractivity contribution in [2.75, 3.05) is 5.32 Å². The smallest absolute Gasteiger partial charge is 0.303 e. The summed E-state index contributed by atoms with van der Waals surface area (Å²) in [5.41, 5.74) is 0.0706. The number of nitrogens with one attached hydrogen (secondary N) is 2. The second-order valence-electron chi connectivity index (χ2n) is 8.03.